The highest BCUT2D eigenvalue weighted by molar-refractivity contribution is 8.03. The zero-order valence-electron chi connectivity index (χ0n) is 24.0. The van der Waals surface area contributed by atoms with Crippen molar-refractivity contribution < 1.29 is 0 Å². The lowest BCUT2D eigenvalue weighted by Crippen LogP contribution is -1.98. The van der Waals surface area contributed by atoms with Gasteiger partial charge < -0.3 is 0 Å². The van der Waals surface area contributed by atoms with Gasteiger partial charge in [-0.2, -0.15) is 0 Å². The first-order valence-corrected chi connectivity index (χ1v) is 16.5. The van der Waals surface area contributed by atoms with Crippen molar-refractivity contribution in [2.24, 2.45) is 0 Å². The highest BCUT2D eigenvalue weighted by Gasteiger charge is 2.22. The lowest BCUT2D eigenvalue weighted by Gasteiger charge is -2.23. The van der Waals surface area contributed by atoms with Gasteiger partial charge >= 0.3 is 0 Å². The van der Waals surface area contributed by atoms with Crippen molar-refractivity contribution in [2.75, 3.05) is 0 Å². The number of hydrogen-bond acceptors (Lipinski definition) is 4. The molecule has 2 nitrogen and oxygen atoms in total. The molecule has 0 radical (unpaired) electrons. The number of pyridine rings is 2. The second kappa shape index (κ2) is 11.8. The number of nitrogens with zero attached hydrogens (tertiary/aromatic N) is 2. The highest BCUT2D eigenvalue weighted by atomic mass is 32.2. The molecule has 0 N–H and O–H groups in total. The average molecular weight is 601 g/mol. The molecule has 2 aliphatic rings. The first kappa shape index (κ1) is 26.9. The van der Waals surface area contributed by atoms with E-state index in [1.165, 1.54) is 58.5 Å². The van der Waals surface area contributed by atoms with Gasteiger partial charge in [0.15, 0.2) is 0 Å². The van der Waals surface area contributed by atoms with E-state index in [9.17, 15) is 0 Å². The molecule has 6 aromatic rings. The molecule has 44 heavy (non-hydrogen) atoms. The van der Waals surface area contributed by atoms with E-state index in [0.29, 0.717) is 0 Å². The minimum atomic E-state index is 0.983. The number of thioether (sulfide) groups is 1. The second-order valence-corrected chi connectivity index (χ2v) is 13.2. The Bertz CT molecular complexity index is 2060. The number of fused-ring (bicyclic) bond motifs is 5. The van der Waals surface area contributed by atoms with Crippen molar-refractivity contribution in [3.63, 3.8) is 0 Å². The van der Waals surface area contributed by atoms with E-state index >= 15 is 0 Å². The fourth-order valence-electron chi connectivity index (χ4n) is 5.96. The van der Waals surface area contributed by atoms with Gasteiger partial charge in [-0.3, -0.25) is 9.97 Å². The van der Waals surface area contributed by atoms with Crippen molar-refractivity contribution >= 4 is 29.1 Å². The van der Waals surface area contributed by atoms with Crippen LogP contribution in [0.1, 0.15) is 18.4 Å². The van der Waals surface area contributed by atoms with Crippen molar-refractivity contribution in [3.8, 4) is 44.6 Å². The van der Waals surface area contributed by atoms with Crippen LogP contribution in [0.2, 0.25) is 0 Å². The Kier molecular flexibility index (Phi) is 7.23. The fraction of sp³-hybridized carbons (Fsp3) is 0.0500. The molecule has 2 aromatic heterocycles. The summed E-state index contributed by atoms with van der Waals surface area (Å²) in [5.74, 6) is 0. The van der Waals surface area contributed by atoms with Gasteiger partial charge in [0, 0.05) is 44.4 Å². The molecule has 210 valence electrons. The molecule has 0 amide bonds. The number of benzene rings is 4. The summed E-state index contributed by atoms with van der Waals surface area (Å²) in [5, 5.41) is 0. The Morgan fingerprint density at radius 1 is 0.523 bits per heavy atom. The largest absolute Gasteiger partial charge is 0.264 e. The van der Waals surface area contributed by atoms with E-state index in [-0.39, 0.29) is 0 Å². The van der Waals surface area contributed by atoms with E-state index in [2.05, 4.69) is 125 Å². The van der Waals surface area contributed by atoms with Gasteiger partial charge in [-0.1, -0.05) is 108 Å². The van der Waals surface area contributed by atoms with Gasteiger partial charge in [0.2, 0.25) is 0 Å². The van der Waals surface area contributed by atoms with Crippen LogP contribution in [-0.4, -0.2) is 9.97 Å². The highest BCUT2D eigenvalue weighted by Crippen LogP contribution is 2.50. The molecule has 0 bridgehead atoms. The summed E-state index contributed by atoms with van der Waals surface area (Å²) in [6.07, 6.45) is 12.4. The molecule has 4 heteroatoms. The maximum absolute atomic E-state index is 4.67. The quantitative estimate of drug-likeness (QED) is 0.202. The third kappa shape index (κ3) is 5.21. The number of rotatable bonds is 3. The van der Waals surface area contributed by atoms with Crippen molar-refractivity contribution in [1.29, 1.82) is 0 Å². The first-order chi connectivity index (χ1) is 21.8. The molecule has 8 rings (SSSR count). The van der Waals surface area contributed by atoms with Crippen LogP contribution in [0.3, 0.4) is 0 Å². The van der Waals surface area contributed by atoms with Crippen molar-refractivity contribution in [3.05, 3.63) is 156 Å². The molecule has 0 atom stereocenters. The first-order valence-electron chi connectivity index (χ1n) is 14.9. The molecule has 1 aliphatic heterocycles. The summed E-state index contributed by atoms with van der Waals surface area (Å²) in [4.78, 5) is 14.2. The van der Waals surface area contributed by atoms with Crippen LogP contribution >= 0.6 is 23.5 Å². The minimum absolute atomic E-state index is 0.983. The standard InChI is InChI=1S/C40H28N2S2/c1-3-15-37-32(12-1)34-19-17-29(27-9-7-10-28(23-27)31-11-8-21-41-26-31)24-39(34)44-40-25-30(36-14-5-6-22-42-36)18-20-35(40)33-13-2-4-16-38(33)43-37/h1-2,4-14,16-26H,3,15H2. The van der Waals surface area contributed by atoms with Crippen LogP contribution in [-0.2, 0) is 0 Å². The molecule has 0 saturated heterocycles. The monoisotopic (exact) mass is 600 g/mol. The van der Waals surface area contributed by atoms with Gasteiger partial charge in [0.25, 0.3) is 0 Å². The smallest absolute Gasteiger partial charge is 0.0702 e. The summed E-state index contributed by atoms with van der Waals surface area (Å²) < 4.78 is 0. The molecular weight excluding hydrogens is 573 g/mol. The summed E-state index contributed by atoms with van der Waals surface area (Å²) >= 11 is 3.79. The Labute approximate surface area is 266 Å². The number of aromatic nitrogens is 2. The van der Waals surface area contributed by atoms with E-state index in [1.807, 2.05) is 54.2 Å². The Balaban J connectivity index is 1.32. The minimum Gasteiger partial charge on any atom is -0.264 e. The van der Waals surface area contributed by atoms with Crippen LogP contribution in [0.15, 0.2) is 166 Å². The van der Waals surface area contributed by atoms with Gasteiger partial charge in [-0.25, -0.2) is 0 Å². The molecule has 1 aliphatic carbocycles. The van der Waals surface area contributed by atoms with Gasteiger partial charge in [-0.05, 0) is 99.2 Å². The normalized spacial score (nSPS) is 13.8. The molecule has 0 spiro atoms. The molecule has 0 saturated carbocycles. The van der Waals surface area contributed by atoms with Crippen LogP contribution in [0.25, 0.3) is 50.2 Å². The van der Waals surface area contributed by atoms with E-state index in [4.69, 9.17) is 0 Å². The molecule has 0 fully saturated rings. The molecule has 3 heterocycles. The summed E-state index contributed by atoms with van der Waals surface area (Å²) in [5.41, 5.74) is 11.9. The van der Waals surface area contributed by atoms with E-state index < -0.39 is 0 Å². The van der Waals surface area contributed by atoms with Crippen LogP contribution in [0.4, 0.5) is 0 Å². The Morgan fingerprint density at radius 2 is 1.27 bits per heavy atom. The summed E-state index contributed by atoms with van der Waals surface area (Å²) in [6, 6.07) is 41.6. The Hall–Kier alpha value is -4.64. The van der Waals surface area contributed by atoms with Gasteiger partial charge in [-0.15, -0.1) is 0 Å². The SMILES string of the molecule is C1=CC2=C(CC1)Sc1ccccc1-c1ccc(-c3ccccn3)cc1Sc1cc(-c3cccc(-c4cccnc4)c3)ccc12. The Morgan fingerprint density at radius 3 is 2.16 bits per heavy atom. The number of hydrogen-bond donors (Lipinski definition) is 0. The zero-order chi connectivity index (χ0) is 29.3. The lowest BCUT2D eigenvalue weighted by atomic mass is 9.95. The predicted octanol–water partition coefficient (Wildman–Crippen LogP) is 11.5. The second-order valence-electron chi connectivity index (χ2n) is 10.9. The number of allylic oxidation sites excluding steroid dienone is 4. The van der Waals surface area contributed by atoms with Crippen LogP contribution in [0, 0.1) is 0 Å². The van der Waals surface area contributed by atoms with Crippen molar-refractivity contribution in [1.82, 2.24) is 9.97 Å². The topological polar surface area (TPSA) is 25.8 Å². The predicted molar refractivity (Wildman–Crippen MR) is 185 cm³/mol. The van der Waals surface area contributed by atoms with Crippen LogP contribution < -0.4 is 0 Å². The maximum Gasteiger partial charge on any atom is 0.0702 e. The third-order valence-corrected chi connectivity index (χ3v) is 10.5. The van der Waals surface area contributed by atoms with Gasteiger partial charge in [0.1, 0.15) is 0 Å². The van der Waals surface area contributed by atoms with E-state index in [0.717, 1.165) is 29.7 Å². The molecular formula is C40H28N2S2. The average Bonchev–Trinajstić information content (AvgIpc) is 3.10. The van der Waals surface area contributed by atoms with Crippen LogP contribution in [0.5, 0.6) is 0 Å². The third-order valence-electron chi connectivity index (χ3n) is 8.16. The van der Waals surface area contributed by atoms with E-state index in [1.54, 1.807) is 0 Å². The summed E-state index contributed by atoms with van der Waals surface area (Å²) in [7, 11) is 0. The zero-order valence-corrected chi connectivity index (χ0v) is 25.6. The summed E-state index contributed by atoms with van der Waals surface area (Å²) in [6.45, 7) is 0. The van der Waals surface area contributed by atoms with Crippen molar-refractivity contribution in [2.45, 2.75) is 27.5 Å². The maximum atomic E-state index is 4.67. The molecule has 0 unspecified atom stereocenters. The van der Waals surface area contributed by atoms with Gasteiger partial charge in [0.05, 0.1) is 5.69 Å². The lowest BCUT2D eigenvalue weighted by molar-refractivity contribution is 1.02. The fourth-order valence-corrected chi connectivity index (χ4v) is 8.35. The molecule has 4 aromatic carbocycles.